The zero-order chi connectivity index (χ0) is 16.8. The average molecular weight is 315 g/mol. The number of rotatable bonds is 2. The van der Waals surface area contributed by atoms with Gasteiger partial charge in [-0.1, -0.05) is 0 Å². The Hall–Kier alpha value is -1.81. The smallest absolute Gasteiger partial charge is 0.336 e. The lowest BCUT2D eigenvalue weighted by Gasteiger charge is -2.53. The van der Waals surface area contributed by atoms with Crippen LogP contribution in [-0.2, 0) is 0 Å². The van der Waals surface area contributed by atoms with E-state index in [4.69, 9.17) is 9.15 Å². The highest BCUT2D eigenvalue weighted by molar-refractivity contribution is 5.77. The maximum absolute atomic E-state index is 11.4. The Morgan fingerprint density at radius 2 is 1.70 bits per heavy atom. The van der Waals surface area contributed by atoms with E-state index in [0.29, 0.717) is 5.58 Å². The fourth-order valence-electron chi connectivity index (χ4n) is 3.67. The third kappa shape index (κ3) is 3.13. The van der Waals surface area contributed by atoms with E-state index in [1.807, 2.05) is 18.2 Å². The minimum Gasteiger partial charge on any atom is -0.490 e. The number of ether oxygens (including phenoxy) is 1. The summed E-state index contributed by atoms with van der Waals surface area (Å²) in [6, 6.07) is 8.89. The lowest BCUT2D eigenvalue weighted by molar-refractivity contribution is -0.0556. The van der Waals surface area contributed by atoms with Crippen molar-refractivity contribution in [2.45, 2.75) is 57.7 Å². The SMILES string of the molecule is CN1C(C)(C)CC(Oc2ccc3ccc(=O)oc3c2)CC1(C)C. The molecule has 2 heterocycles. The van der Waals surface area contributed by atoms with Crippen LogP contribution >= 0.6 is 0 Å². The van der Waals surface area contributed by atoms with Crippen LogP contribution < -0.4 is 10.4 Å². The molecule has 0 N–H and O–H groups in total. The topological polar surface area (TPSA) is 42.7 Å². The number of nitrogens with zero attached hydrogens (tertiary/aromatic N) is 1. The van der Waals surface area contributed by atoms with Crippen molar-refractivity contribution in [2.75, 3.05) is 7.05 Å². The molecule has 4 heteroatoms. The summed E-state index contributed by atoms with van der Waals surface area (Å²) in [5, 5.41) is 0.904. The number of hydrogen-bond acceptors (Lipinski definition) is 4. The molecule has 23 heavy (non-hydrogen) atoms. The van der Waals surface area contributed by atoms with Crippen LogP contribution in [0.4, 0.5) is 0 Å². The highest BCUT2D eigenvalue weighted by Gasteiger charge is 2.43. The number of benzene rings is 1. The van der Waals surface area contributed by atoms with Crippen molar-refractivity contribution in [1.29, 1.82) is 0 Å². The lowest BCUT2D eigenvalue weighted by Crippen LogP contribution is -2.60. The molecular weight excluding hydrogens is 290 g/mol. The molecule has 1 aliphatic rings. The molecule has 1 aromatic carbocycles. The summed E-state index contributed by atoms with van der Waals surface area (Å²) in [7, 11) is 2.18. The molecule has 0 saturated carbocycles. The Morgan fingerprint density at radius 1 is 1.09 bits per heavy atom. The van der Waals surface area contributed by atoms with Gasteiger partial charge in [-0.15, -0.1) is 0 Å². The second-order valence-electron chi connectivity index (χ2n) is 7.79. The summed E-state index contributed by atoms with van der Waals surface area (Å²) in [6.45, 7) is 9.01. The molecule has 0 amide bonds. The summed E-state index contributed by atoms with van der Waals surface area (Å²) in [5.41, 5.74) is 0.392. The zero-order valence-electron chi connectivity index (χ0n) is 14.6. The Bertz CT molecular complexity index is 758. The van der Waals surface area contributed by atoms with E-state index < -0.39 is 0 Å². The van der Waals surface area contributed by atoms with Gasteiger partial charge in [-0.3, -0.25) is 4.90 Å². The van der Waals surface area contributed by atoms with Gasteiger partial charge in [-0.2, -0.15) is 0 Å². The summed E-state index contributed by atoms with van der Waals surface area (Å²) >= 11 is 0. The third-order valence-corrected chi connectivity index (χ3v) is 5.17. The van der Waals surface area contributed by atoms with Crippen LogP contribution in [0.15, 0.2) is 39.5 Å². The van der Waals surface area contributed by atoms with E-state index in [0.717, 1.165) is 24.0 Å². The first kappa shape index (κ1) is 16.1. The van der Waals surface area contributed by atoms with Crippen LogP contribution in [0.1, 0.15) is 40.5 Å². The van der Waals surface area contributed by atoms with E-state index in [-0.39, 0.29) is 22.8 Å². The van der Waals surface area contributed by atoms with E-state index in [1.54, 1.807) is 6.07 Å². The molecule has 1 fully saturated rings. The van der Waals surface area contributed by atoms with Crippen molar-refractivity contribution in [2.24, 2.45) is 0 Å². The number of hydrogen-bond donors (Lipinski definition) is 0. The van der Waals surface area contributed by atoms with Gasteiger partial charge in [0.15, 0.2) is 0 Å². The maximum Gasteiger partial charge on any atom is 0.336 e. The van der Waals surface area contributed by atoms with Crippen LogP contribution in [0.25, 0.3) is 11.0 Å². The molecule has 0 unspecified atom stereocenters. The fourth-order valence-corrected chi connectivity index (χ4v) is 3.67. The molecule has 124 valence electrons. The molecule has 0 atom stereocenters. The van der Waals surface area contributed by atoms with Gasteiger partial charge in [0, 0.05) is 41.4 Å². The second kappa shape index (κ2) is 5.38. The summed E-state index contributed by atoms with van der Waals surface area (Å²) in [6.07, 6.45) is 2.07. The van der Waals surface area contributed by atoms with E-state index in [9.17, 15) is 4.79 Å². The summed E-state index contributed by atoms with van der Waals surface area (Å²) < 4.78 is 11.5. The quantitative estimate of drug-likeness (QED) is 0.790. The highest BCUT2D eigenvalue weighted by atomic mass is 16.5. The monoisotopic (exact) mass is 315 g/mol. The summed E-state index contributed by atoms with van der Waals surface area (Å²) in [5.74, 6) is 0.757. The van der Waals surface area contributed by atoms with Crippen molar-refractivity contribution in [1.82, 2.24) is 4.90 Å². The standard InChI is InChI=1S/C19H25NO3/c1-18(2)11-15(12-19(3,4)20(18)5)22-14-8-6-13-7-9-17(21)23-16(13)10-14/h6-10,15H,11-12H2,1-5H3. The zero-order valence-corrected chi connectivity index (χ0v) is 14.6. The van der Waals surface area contributed by atoms with Crippen LogP contribution in [0, 0.1) is 0 Å². The first-order chi connectivity index (χ1) is 10.7. The molecule has 1 aliphatic heterocycles. The third-order valence-electron chi connectivity index (χ3n) is 5.17. The Kier molecular flexibility index (Phi) is 3.75. The van der Waals surface area contributed by atoms with Gasteiger partial charge in [0.2, 0.25) is 0 Å². The van der Waals surface area contributed by atoms with Crippen LogP contribution in [-0.4, -0.2) is 29.1 Å². The van der Waals surface area contributed by atoms with Crippen molar-refractivity contribution < 1.29 is 9.15 Å². The maximum atomic E-state index is 11.4. The van der Waals surface area contributed by atoms with Gasteiger partial charge in [-0.25, -0.2) is 4.79 Å². The predicted octanol–water partition coefficient (Wildman–Crippen LogP) is 3.82. The predicted molar refractivity (Wildman–Crippen MR) is 92.1 cm³/mol. The Morgan fingerprint density at radius 3 is 2.35 bits per heavy atom. The van der Waals surface area contributed by atoms with Crippen LogP contribution in [0.2, 0.25) is 0 Å². The Labute approximate surface area is 137 Å². The number of fused-ring (bicyclic) bond motifs is 1. The molecule has 1 aromatic heterocycles. The highest BCUT2D eigenvalue weighted by Crippen LogP contribution is 2.38. The van der Waals surface area contributed by atoms with Crippen molar-refractivity contribution in [3.05, 3.63) is 40.8 Å². The molecule has 0 spiro atoms. The van der Waals surface area contributed by atoms with E-state index in [1.165, 1.54) is 6.07 Å². The summed E-state index contributed by atoms with van der Waals surface area (Å²) in [4.78, 5) is 13.8. The fraction of sp³-hybridized carbons (Fsp3) is 0.526. The van der Waals surface area contributed by atoms with Gasteiger partial charge in [0.25, 0.3) is 0 Å². The van der Waals surface area contributed by atoms with E-state index >= 15 is 0 Å². The Balaban J connectivity index is 1.85. The number of likely N-dealkylation sites (tertiary alicyclic amines) is 1. The van der Waals surface area contributed by atoms with Gasteiger partial charge in [0.1, 0.15) is 17.4 Å². The second-order valence-corrected chi connectivity index (χ2v) is 7.79. The van der Waals surface area contributed by atoms with Gasteiger partial charge in [-0.05, 0) is 52.9 Å². The molecule has 0 radical (unpaired) electrons. The normalized spacial score (nSPS) is 21.4. The largest absolute Gasteiger partial charge is 0.490 e. The molecule has 0 bridgehead atoms. The first-order valence-electron chi connectivity index (χ1n) is 8.12. The average Bonchev–Trinajstić information content (AvgIpc) is 2.43. The minimum atomic E-state index is -0.337. The van der Waals surface area contributed by atoms with Crippen molar-refractivity contribution in [3.8, 4) is 5.75 Å². The van der Waals surface area contributed by atoms with Crippen molar-refractivity contribution >= 4 is 11.0 Å². The van der Waals surface area contributed by atoms with Gasteiger partial charge >= 0.3 is 5.63 Å². The molecule has 4 nitrogen and oxygen atoms in total. The molecular formula is C19H25NO3. The molecule has 1 saturated heterocycles. The van der Waals surface area contributed by atoms with Crippen molar-refractivity contribution in [3.63, 3.8) is 0 Å². The first-order valence-corrected chi connectivity index (χ1v) is 8.12. The molecule has 3 rings (SSSR count). The minimum absolute atomic E-state index is 0.0792. The number of piperidine rings is 1. The molecule has 0 aliphatic carbocycles. The van der Waals surface area contributed by atoms with Gasteiger partial charge in [0.05, 0.1) is 0 Å². The van der Waals surface area contributed by atoms with Gasteiger partial charge < -0.3 is 9.15 Å². The van der Waals surface area contributed by atoms with Crippen LogP contribution in [0.3, 0.4) is 0 Å². The van der Waals surface area contributed by atoms with Crippen LogP contribution in [0.5, 0.6) is 5.75 Å². The molecule has 2 aromatic rings. The lowest BCUT2D eigenvalue weighted by atomic mass is 9.79. The van der Waals surface area contributed by atoms with E-state index in [2.05, 4.69) is 39.6 Å².